The number of carbonyl (C=O) groups is 1. The van der Waals surface area contributed by atoms with Crippen LogP contribution in [0.3, 0.4) is 0 Å². The lowest BCUT2D eigenvalue weighted by Gasteiger charge is -2.37. The first kappa shape index (κ1) is 19.5. The zero-order chi connectivity index (χ0) is 19.6. The van der Waals surface area contributed by atoms with Gasteiger partial charge in [0.2, 0.25) is 0 Å². The molecule has 1 amide bonds. The largest absolute Gasteiger partial charge is 0.450 e. The van der Waals surface area contributed by atoms with Gasteiger partial charge >= 0.3 is 6.09 Å². The van der Waals surface area contributed by atoms with E-state index in [1.165, 1.54) is 22.4 Å². The first-order chi connectivity index (χ1) is 12.9. The van der Waals surface area contributed by atoms with Crippen molar-refractivity contribution < 1.29 is 9.53 Å². The summed E-state index contributed by atoms with van der Waals surface area (Å²) >= 11 is 0. The monoisotopic (exact) mass is 368 g/mol. The lowest BCUT2D eigenvalue weighted by Crippen LogP contribution is -2.52. The van der Waals surface area contributed by atoms with Gasteiger partial charge in [-0.05, 0) is 59.1 Å². The molecule has 1 aromatic rings. The Kier molecular flexibility index (Phi) is 5.64. The van der Waals surface area contributed by atoms with Gasteiger partial charge in [-0.25, -0.2) is 4.79 Å². The summed E-state index contributed by atoms with van der Waals surface area (Å²) in [7, 11) is 0. The number of hydrogen-bond acceptors (Lipinski definition) is 3. The third-order valence-corrected chi connectivity index (χ3v) is 5.71. The number of carbonyl (C=O) groups excluding carboxylic acids is 1. The fourth-order valence-corrected chi connectivity index (χ4v) is 4.47. The number of rotatable bonds is 5. The molecule has 27 heavy (non-hydrogen) atoms. The lowest BCUT2D eigenvalue weighted by molar-refractivity contribution is 0.0972. The predicted octanol–water partition coefficient (Wildman–Crippen LogP) is 5.26. The van der Waals surface area contributed by atoms with Crippen molar-refractivity contribution in [1.29, 1.82) is 0 Å². The molecule has 0 saturated carbocycles. The van der Waals surface area contributed by atoms with E-state index in [-0.39, 0.29) is 17.7 Å². The van der Waals surface area contributed by atoms with Crippen LogP contribution in [0, 0.1) is 0 Å². The maximum atomic E-state index is 12.7. The molecule has 1 saturated heterocycles. The van der Waals surface area contributed by atoms with Gasteiger partial charge < -0.3 is 9.64 Å². The van der Waals surface area contributed by atoms with Crippen LogP contribution in [0.2, 0.25) is 0 Å². The highest BCUT2D eigenvalue weighted by Gasteiger charge is 2.57. The zero-order valence-corrected chi connectivity index (χ0v) is 17.3. The van der Waals surface area contributed by atoms with E-state index < -0.39 is 0 Å². The molecule has 2 heterocycles. The van der Waals surface area contributed by atoms with E-state index in [1.54, 1.807) is 0 Å². The predicted molar refractivity (Wildman–Crippen MR) is 111 cm³/mol. The summed E-state index contributed by atoms with van der Waals surface area (Å²) in [5.41, 5.74) is 5.14. The van der Waals surface area contributed by atoms with E-state index in [2.05, 4.69) is 69.0 Å². The van der Waals surface area contributed by atoms with Gasteiger partial charge in [0.05, 0.1) is 6.61 Å². The quantitative estimate of drug-likeness (QED) is 0.665. The molecule has 0 aliphatic carbocycles. The number of fused-ring (bicyclic) bond motifs is 3. The number of likely N-dealkylation sites (tertiary alicyclic amines) is 1. The molecule has 4 heteroatoms. The Bertz CT molecular complexity index is 759. The van der Waals surface area contributed by atoms with Crippen molar-refractivity contribution in [2.45, 2.75) is 59.0 Å². The van der Waals surface area contributed by atoms with Crippen molar-refractivity contribution in [3.8, 4) is 0 Å². The van der Waals surface area contributed by atoms with Gasteiger partial charge in [0.15, 0.2) is 0 Å². The highest BCUT2D eigenvalue weighted by molar-refractivity contribution is 5.74. The third kappa shape index (κ3) is 3.50. The van der Waals surface area contributed by atoms with Crippen molar-refractivity contribution in [3.63, 3.8) is 0 Å². The Balaban J connectivity index is 2.09. The smallest absolute Gasteiger partial charge is 0.411 e. The number of ether oxygens (including phenoxy) is 1. The Hall–Kier alpha value is -2.23. The average Bonchev–Trinajstić information content (AvgIpc) is 3.12. The van der Waals surface area contributed by atoms with Crippen molar-refractivity contribution in [3.05, 3.63) is 53.1 Å². The van der Waals surface area contributed by atoms with Crippen LogP contribution in [0.15, 0.2) is 47.6 Å². The number of hydrogen-bond donors (Lipinski definition) is 0. The number of benzene rings is 1. The normalized spacial score (nSPS) is 22.9. The van der Waals surface area contributed by atoms with E-state index in [1.807, 2.05) is 11.8 Å². The lowest BCUT2D eigenvalue weighted by atomic mass is 9.76. The van der Waals surface area contributed by atoms with Gasteiger partial charge in [-0.3, -0.25) is 4.90 Å². The molecule has 2 aliphatic rings. The molecule has 2 aliphatic heterocycles. The summed E-state index contributed by atoms with van der Waals surface area (Å²) in [4.78, 5) is 17.1. The standard InChI is InChI=1S/C23H32N2O2/c1-6-27-22(26)25-16-14-23(13-11-17(2)3)19-9-7-8-10-20(19)24(21(23)25)15-12-18(4)5/h7-12,21H,6,13-16H2,1-5H3/t21-,23-/m0/s1. The SMILES string of the molecule is CCOC(=O)N1CC[C@@]2(CC=C(C)C)c3ccccc3N(CC=C(C)C)[C@@H]12. The first-order valence-electron chi connectivity index (χ1n) is 9.97. The summed E-state index contributed by atoms with van der Waals surface area (Å²) in [6.45, 7) is 12.3. The van der Waals surface area contributed by atoms with Gasteiger partial charge in [-0.1, -0.05) is 41.5 Å². The van der Waals surface area contributed by atoms with Crippen LogP contribution in [-0.2, 0) is 10.2 Å². The van der Waals surface area contributed by atoms with Gasteiger partial charge in [-0.2, -0.15) is 0 Å². The van der Waals surface area contributed by atoms with Crippen LogP contribution in [0.5, 0.6) is 0 Å². The van der Waals surface area contributed by atoms with E-state index in [4.69, 9.17) is 4.74 Å². The molecular formula is C23H32N2O2. The van der Waals surface area contributed by atoms with Crippen molar-refractivity contribution in [1.82, 2.24) is 4.90 Å². The average molecular weight is 369 g/mol. The molecule has 1 fully saturated rings. The highest BCUT2D eigenvalue weighted by Crippen LogP contribution is 2.54. The molecular weight excluding hydrogens is 336 g/mol. The number of allylic oxidation sites excluding steroid dienone is 3. The van der Waals surface area contributed by atoms with Crippen molar-refractivity contribution in [2.24, 2.45) is 0 Å². The van der Waals surface area contributed by atoms with Gasteiger partial charge in [0.25, 0.3) is 0 Å². The second kappa shape index (κ2) is 7.79. The third-order valence-electron chi connectivity index (χ3n) is 5.71. The van der Waals surface area contributed by atoms with Crippen LogP contribution in [-0.4, -0.2) is 36.9 Å². The van der Waals surface area contributed by atoms with E-state index in [9.17, 15) is 4.79 Å². The van der Waals surface area contributed by atoms with Crippen LogP contribution in [0.4, 0.5) is 10.5 Å². The van der Waals surface area contributed by atoms with Gasteiger partial charge in [-0.15, -0.1) is 0 Å². The second-order valence-electron chi connectivity index (χ2n) is 8.11. The first-order valence-corrected chi connectivity index (χ1v) is 9.97. The highest BCUT2D eigenvalue weighted by atomic mass is 16.6. The van der Waals surface area contributed by atoms with Crippen LogP contribution < -0.4 is 4.90 Å². The second-order valence-corrected chi connectivity index (χ2v) is 8.11. The Labute approximate surface area is 163 Å². The molecule has 1 aromatic carbocycles. The number of amides is 1. The fourth-order valence-electron chi connectivity index (χ4n) is 4.47. The minimum Gasteiger partial charge on any atom is -0.450 e. The Morgan fingerprint density at radius 3 is 2.56 bits per heavy atom. The minimum absolute atomic E-state index is 0.000139. The molecule has 0 spiro atoms. The van der Waals surface area contributed by atoms with Crippen LogP contribution >= 0.6 is 0 Å². The Morgan fingerprint density at radius 2 is 1.89 bits per heavy atom. The van der Waals surface area contributed by atoms with Crippen molar-refractivity contribution in [2.75, 3.05) is 24.6 Å². The maximum absolute atomic E-state index is 12.7. The molecule has 0 aromatic heterocycles. The molecule has 0 unspecified atom stereocenters. The van der Waals surface area contributed by atoms with Gasteiger partial charge in [0, 0.05) is 24.2 Å². The summed E-state index contributed by atoms with van der Waals surface area (Å²) in [6.07, 6.45) is 6.27. The number of nitrogens with zero attached hydrogens (tertiary/aromatic N) is 2. The van der Waals surface area contributed by atoms with E-state index >= 15 is 0 Å². The molecule has 0 radical (unpaired) electrons. The minimum atomic E-state index is -0.198. The summed E-state index contributed by atoms with van der Waals surface area (Å²) in [5.74, 6) is 0. The Morgan fingerprint density at radius 1 is 1.19 bits per heavy atom. The van der Waals surface area contributed by atoms with E-state index in [0.29, 0.717) is 6.61 Å². The van der Waals surface area contributed by atoms with Crippen molar-refractivity contribution >= 4 is 11.8 Å². The molecule has 3 rings (SSSR count). The summed E-state index contributed by atoms with van der Waals surface area (Å²) < 4.78 is 5.41. The molecule has 0 bridgehead atoms. The topological polar surface area (TPSA) is 32.8 Å². The fraction of sp³-hybridized carbons (Fsp3) is 0.522. The van der Waals surface area contributed by atoms with Crippen LogP contribution in [0.1, 0.15) is 53.0 Å². The number of para-hydroxylation sites is 1. The molecule has 2 atom stereocenters. The van der Waals surface area contributed by atoms with E-state index in [0.717, 1.165) is 25.9 Å². The van der Waals surface area contributed by atoms with Gasteiger partial charge in [0.1, 0.15) is 6.17 Å². The number of anilines is 1. The van der Waals surface area contributed by atoms with Crippen LogP contribution in [0.25, 0.3) is 0 Å². The maximum Gasteiger partial charge on any atom is 0.411 e. The molecule has 146 valence electrons. The summed E-state index contributed by atoms with van der Waals surface area (Å²) in [6, 6.07) is 8.66. The zero-order valence-electron chi connectivity index (χ0n) is 17.3. The summed E-state index contributed by atoms with van der Waals surface area (Å²) in [5, 5.41) is 0. The molecule has 4 nitrogen and oxygen atoms in total. The molecule has 0 N–H and O–H groups in total.